The molecule has 0 spiro atoms. The maximum absolute atomic E-state index is 11.7. The van der Waals surface area contributed by atoms with E-state index in [2.05, 4.69) is 10.0 Å². The third-order valence-electron chi connectivity index (χ3n) is 3.20. The van der Waals surface area contributed by atoms with Gasteiger partial charge in [-0.1, -0.05) is 13.0 Å². The molecule has 0 amide bonds. The zero-order chi connectivity index (χ0) is 17.6. The molecule has 2 N–H and O–H groups in total. The number of ether oxygens (including phenoxy) is 1. The van der Waals surface area contributed by atoms with Gasteiger partial charge < -0.3 is 10.1 Å². The lowest BCUT2D eigenvalue weighted by Gasteiger charge is -2.10. The SMILES string of the molecule is CCCS(=O)(=O)Nc1ccc(Nc2cccc(C(=O)OC)c2)cc1. The number of carbonyl (C=O) groups excluding carboxylic acids is 1. The first kappa shape index (κ1) is 17.8. The van der Waals surface area contributed by atoms with Crippen LogP contribution in [0.15, 0.2) is 48.5 Å². The Labute approximate surface area is 141 Å². The molecule has 0 aliphatic carbocycles. The highest BCUT2D eigenvalue weighted by atomic mass is 32.2. The van der Waals surface area contributed by atoms with Gasteiger partial charge in [-0.15, -0.1) is 0 Å². The summed E-state index contributed by atoms with van der Waals surface area (Å²) in [6.45, 7) is 1.81. The van der Waals surface area contributed by atoms with Crippen molar-refractivity contribution in [3.05, 3.63) is 54.1 Å². The number of hydrogen-bond acceptors (Lipinski definition) is 5. The van der Waals surface area contributed by atoms with Crippen LogP contribution in [0.4, 0.5) is 17.1 Å². The standard InChI is InChI=1S/C17H20N2O4S/c1-3-11-24(21,22)19-15-9-7-14(8-10-15)18-16-6-4-5-13(12-16)17(20)23-2/h4-10,12,18-19H,3,11H2,1-2H3. The Morgan fingerprint density at radius 2 is 1.71 bits per heavy atom. The van der Waals surface area contributed by atoms with Crippen LogP contribution in [0.2, 0.25) is 0 Å². The van der Waals surface area contributed by atoms with Crippen molar-refractivity contribution < 1.29 is 17.9 Å². The summed E-state index contributed by atoms with van der Waals surface area (Å²) in [5.74, 6) is -0.313. The summed E-state index contributed by atoms with van der Waals surface area (Å²) >= 11 is 0. The Balaban J connectivity index is 2.08. The van der Waals surface area contributed by atoms with E-state index >= 15 is 0 Å². The molecule has 0 bridgehead atoms. The van der Waals surface area contributed by atoms with Crippen LogP contribution in [0.1, 0.15) is 23.7 Å². The molecule has 2 aromatic rings. The molecule has 0 atom stereocenters. The smallest absolute Gasteiger partial charge is 0.337 e. The largest absolute Gasteiger partial charge is 0.465 e. The Morgan fingerprint density at radius 3 is 2.33 bits per heavy atom. The predicted molar refractivity (Wildman–Crippen MR) is 95.2 cm³/mol. The molecule has 6 nitrogen and oxygen atoms in total. The van der Waals surface area contributed by atoms with E-state index in [1.807, 2.05) is 13.0 Å². The van der Waals surface area contributed by atoms with Crippen LogP contribution in [-0.2, 0) is 14.8 Å². The molecule has 0 radical (unpaired) electrons. The molecule has 24 heavy (non-hydrogen) atoms. The van der Waals surface area contributed by atoms with Gasteiger partial charge in [-0.2, -0.15) is 0 Å². The van der Waals surface area contributed by atoms with Gasteiger partial charge in [0.1, 0.15) is 0 Å². The number of rotatable bonds is 7. The van der Waals surface area contributed by atoms with Crippen LogP contribution in [-0.4, -0.2) is 27.2 Å². The minimum atomic E-state index is -3.30. The monoisotopic (exact) mass is 348 g/mol. The molecule has 0 heterocycles. The van der Waals surface area contributed by atoms with E-state index in [0.29, 0.717) is 17.7 Å². The lowest BCUT2D eigenvalue weighted by atomic mass is 10.2. The fourth-order valence-electron chi connectivity index (χ4n) is 2.13. The summed E-state index contributed by atoms with van der Waals surface area (Å²) in [5.41, 5.74) is 2.47. The van der Waals surface area contributed by atoms with Crippen molar-refractivity contribution in [1.29, 1.82) is 0 Å². The highest BCUT2D eigenvalue weighted by Gasteiger charge is 2.09. The second-order valence-electron chi connectivity index (χ2n) is 5.20. The number of nitrogens with one attached hydrogen (secondary N) is 2. The molecule has 0 fully saturated rings. The molecule has 0 saturated heterocycles. The number of benzene rings is 2. The number of anilines is 3. The van der Waals surface area contributed by atoms with E-state index in [0.717, 1.165) is 11.4 Å². The van der Waals surface area contributed by atoms with E-state index in [1.54, 1.807) is 42.5 Å². The number of carbonyl (C=O) groups is 1. The first-order chi connectivity index (χ1) is 11.4. The first-order valence-electron chi connectivity index (χ1n) is 7.49. The molecule has 0 aromatic heterocycles. The number of hydrogen-bond donors (Lipinski definition) is 2. The van der Waals surface area contributed by atoms with Crippen molar-refractivity contribution in [3.8, 4) is 0 Å². The normalized spacial score (nSPS) is 10.9. The molecule has 0 unspecified atom stereocenters. The Bertz CT molecular complexity index is 802. The van der Waals surface area contributed by atoms with E-state index in [4.69, 9.17) is 4.74 Å². The van der Waals surface area contributed by atoms with E-state index in [-0.39, 0.29) is 5.75 Å². The van der Waals surface area contributed by atoms with Crippen molar-refractivity contribution in [2.24, 2.45) is 0 Å². The van der Waals surface area contributed by atoms with Crippen LogP contribution < -0.4 is 10.0 Å². The van der Waals surface area contributed by atoms with Gasteiger partial charge in [0.15, 0.2) is 0 Å². The van der Waals surface area contributed by atoms with E-state index in [1.165, 1.54) is 7.11 Å². The fourth-order valence-corrected chi connectivity index (χ4v) is 3.26. The lowest BCUT2D eigenvalue weighted by molar-refractivity contribution is 0.0601. The molecule has 128 valence electrons. The minimum absolute atomic E-state index is 0.0906. The number of methoxy groups -OCH3 is 1. The van der Waals surface area contributed by atoms with Crippen LogP contribution in [0.25, 0.3) is 0 Å². The van der Waals surface area contributed by atoms with Crippen LogP contribution in [0.5, 0.6) is 0 Å². The average molecular weight is 348 g/mol. The maximum Gasteiger partial charge on any atom is 0.337 e. The van der Waals surface area contributed by atoms with Gasteiger partial charge >= 0.3 is 5.97 Å². The second-order valence-corrected chi connectivity index (χ2v) is 7.04. The van der Waals surface area contributed by atoms with Gasteiger partial charge in [0.05, 0.1) is 18.4 Å². The van der Waals surface area contributed by atoms with Gasteiger partial charge in [0.2, 0.25) is 10.0 Å². The van der Waals surface area contributed by atoms with Crippen molar-refractivity contribution in [3.63, 3.8) is 0 Å². The summed E-state index contributed by atoms with van der Waals surface area (Å²) in [6.07, 6.45) is 0.561. The Hall–Kier alpha value is -2.54. The lowest BCUT2D eigenvalue weighted by Crippen LogP contribution is -2.15. The third-order valence-corrected chi connectivity index (χ3v) is 4.70. The predicted octanol–water partition coefficient (Wildman–Crippen LogP) is 3.37. The van der Waals surface area contributed by atoms with Gasteiger partial charge in [-0.05, 0) is 48.9 Å². The second kappa shape index (κ2) is 7.83. The highest BCUT2D eigenvalue weighted by Crippen LogP contribution is 2.20. The van der Waals surface area contributed by atoms with E-state index in [9.17, 15) is 13.2 Å². The Kier molecular flexibility index (Phi) is 5.81. The van der Waals surface area contributed by atoms with Crippen LogP contribution >= 0.6 is 0 Å². The van der Waals surface area contributed by atoms with Gasteiger partial charge in [0, 0.05) is 17.1 Å². The van der Waals surface area contributed by atoms with Gasteiger partial charge in [0.25, 0.3) is 0 Å². The zero-order valence-corrected chi connectivity index (χ0v) is 14.4. The third kappa shape index (κ3) is 4.99. The van der Waals surface area contributed by atoms with Crippen molar-refractivity contribution in [2.75, 3.05) is 22.9 Å². The van der Waals surface area contributed by atoms with Gasteiger partial charge in [-0.25, -0.2) is 13.2 Å². The molecule has 0 saturated carbocycles. The highest BCUT2D eigenvalue weighted by molar-refractivity contribution is 7.92. The molecule has 2 rings (SSSR count). The molecular weight excluding hydrogens is 328 g/mol. The quantitative estimate of drug-likeness (QED) is 0.750. The Morgan fingerprint density at radius 1 is 1.04 bits per heavy atom. The van der Waals surface area contributed by atoms with Crippen LogP contribution in [0, 0.1) is 0 Å². The van der Waals surface area contributed by atoms with Crippen molar-refractivity contribution in [1.82, 2.24) is 0 Å². The van der Waals surface area contributed by atoms with Gasteiger partial charge in [-0.3, -0.25) is 4.72 Å². The topological polar surface area (TPSA) is 84.5 Å². The summed E-state index contributed by atoms with van der Waals surface area (Å²) < 4.78 is 30.7. The minimum Gasteiger partial charge on any atom is -0.465 e. The summed E-state index contributed by atoms with van der Waals surface area (Å²) in [4.78, 5) is 11.5. The zero-order valence-electron chi connectivity index (χ0n) is 13.6. The molecule has 0 aliphatic heterocycles. The molecule has 2 aromatic carbocycles. The number of esters is 1. The maximum atomic E-state index is 11.7. The molecule has 7 heteroatoms. The van der Waals surface area contributed by atoms with Crippen LogP contribution in [0.3, 0.4) is 0 Å². The van der Waals surface area contributed by atoms with Crippen molar-refractivity contribution >= 4 is 33.1 Å². The molecule has 0 aliphatic rings. The average Bonchev–Trinajstić information content (AvgIpc) is 2.56. The summed E-state index contributed by atoms with van der Waals surface area (Å²) in [5, 5.41) is 3.15. The summed E-state index contributed by atoms with van der Waals surface area (Å²) in [6, 6.07) is 13.8. The fraction of sp³-hybridized carbons (Fsp3) is 0.235. The van der Waals surface area contributed by atoms with Crippen molar-refractivity contribution in [2.45, 2.75) is 13.3 Å². The molecular formula is C17H20N2O4S. The first-order valence-corrected chi connectivity index (χ1v) is 9.14. The summed E-state index contributed by atoms with van der Waals surface area (Å²) in [7, 11) is -1.96. The number of sulfonamides is 1. The van der Waals surface area contributed by atoms with E-state index < -0.39 is 16.0 Å².